The number of nitrogens with zero attached hydrogens (tertiary/aromatic N) is 3. The van der Waals surface area contributed by atoms with Crippen LogP contribution in [0.25, 0.3) is 22.6 Å². The fourth-order valence-electron chi connectivity index (χ4n) is 2.34. The molecule has 2 aromatic heterocycles. The first-order valence-corrected chi connectivity index (χ1v) is 6.94. The summed E-state index contributed by atoms with van der Waals surface area (Å²) < 4.78 is 0. The molecule has 1 aromatic carbocycles. The van der Waals surface area contributed by atoms with Crippen molar-refractivity contribution in [3.8, 4) is 22.6 Å². The average Bonchev–Trinajstić information content (AvgIpc) is 3.09. The number of carboxylic acid groups (broad SMARTS) is 1. The largest absolute Gasteiger partial charge is 0.477 e. The molecule has 0 saturated heterocycles. The standard InChI is InChI=1S/C15H13N5O3/c1-2-8-7-11(15(22)23)14(21)16-12(8)9-3-5-10(6-4-9)13-17-19-20-18-13/h3-7H,2H2,1H3,(H,16,21)(H,22,23)(H,17,18,19,20). The topological polar surface area (TPSA) is 125 Å². The van der Waals surface area contributed by atoms with Crippen molar-refractivity contribution in [2.75, 3.05) is 0 Å². The summed E-state index contributed by atoms with van der Waals surface area (Å²) in [6.45, 7) is 1.90. The minimum Gasteiger partial charge on any atom is -0.477 e. The SMILES string of the molecule is CCc1cc(C(=O)O)c(=O)[nH]c1-c1ccc(-c2nn[nH]n2)cc1. The highest BCUT2D eigenvalue weighted by Crippen LogP contribution is 2.24. The maximum absolute atomic E-state index is 11.9. The Balaban J connectivity index is 2.06. The summed E-state index contributed by atoms with van der Waals surface area (Å²) in [6, 6.07) is 8.67. The predicted molar refractivity (Wildman–Crippen MR) is 82.0 cm³/mol. The third kappa shape index (κ3) is 2.73. The second-order valence-corrected chi connectivity index (χ2v) is 4.88. The number of nitrogens with one attached hydrogen (secondary N) is 2. The van der Waals surface area contributed by atoms with Crippen LogP contribution in [0.5, 0.6) is 0 Å². The zero-order chi connectivity index (χ0) is 16.4. The Kier molecular flexibility index (Phi) is 3.71. The maximum atomic E-state index is 11.9. The number of tetrazole rings is 1. The van der Waals surface area contributed by atoms with Gasteiger partial charge in [0.2, 0.25) is 5.82 Å². The number of H-pyrrole nitrogens is 2. The van der Waals surface area contributed by atoms with E-state index in [2.05, 4.69) is 25.6 Å². The van der Waals surface area contributed by atoms with E-state index in [1.165, 1.54) is 6.07 Å². The van der Waals surface area contributed by atoms with Crippen molar-refractivity contribution in [2.45, 2.75) is 13.3 Å². The molecule has 0 amide bonds. The molecule has 23 heavy (non-hydrogen) atoms. The fraction of sp³-hybridized carbons (Fsp3) is 0.133. The molecule has 0 aliphatic heterocycles. The summed E-state index contributed by atoms with van der Waals surface area (Å²) >= 11 is 0. The van der Waals surface area contributed by atoms with Gasteiger partial charge in [0.05, 0.1) is 5.69 Å². The number of aromatic nitrogens is 5. The second-order valence-electron chi connectivity index (χ2n) is 4.88. The molecule has 3 rings (SSSR count). The number of rotatable bonds is 4. The molecule has 116 valence electrons. The highest BCUT2D eigenvalue weighted by Gasteiger charge is 2.14. The van der Waals surface area contributed by atoms with Crippen molar-refractivity contribution in [2.24, 2.45) is 0 Å². The normalized spacial score (nSPS) is 10.7. The van der Waals surface area contributed by atoms with Gasteiger partial charge < -0.3 is 10.1 Å². The Morgan fingerprint density at radius 1 is 1.22 bits per heavy atom. The number of pyridine rings is 1. The zero-order valence-electron chi connectivity index (χ0n) is 12.2. The van der Waals surface area contributed by atoms with Gasteiger partial charge in [0.1, 0.15) is 5.56 Å². The van der Waals surface area contributed by atoms with Gasteiger partial charge in [0, 0.05) is 5.56 Å². The first-order chi connectivity index (χ1) is 11.1. The summed E-state index contributed by atoms with van der Waals surface area (Å²) in [5.74, 6) is -0.762. The van der Waals surface area contributed by atoms with E-state index in [0.717, 1.165) is 16.7 Å². The molecule has 0 atom stereocenters. The number of aromatic carboxylic acids is 1. The van der Waals surface area contributed by atoms with Gasteiger partial charge in [0.15, 0.2) is 0 Å². The Bertz CT molecular complexity index is 898. The van der Waals surface area contributed by atoms with E-state index in [9.17, 15) is 9.59 Å². The maximum Gasteiger partial charge on any atom is 0.341 e. The molecular formula is C15H13N5O3. The van der Waals surface area contributed by atoms with Gasteiger partial charge >= 0.3 is 5.97 Å². The summed E-state index contributed by atoms with van der Waals surface area (Å²) in [7, 11) is 0. The Morgan fingerprint density at radius 2 is 1.91 bits per heavy atom. The quantitative estimate of drug-likeness (QED) is 0.670. The van der Waals surface area contributed by atoms with Crippen LogP contribution in [-0.2, 0) is 6.42 Å². The first-order valence-electron chi connectivity index (χ1n) is 6.94. The smallest absolute Gasteiger partial charge is 0.341 e. The highest BCUT2D eigenvalue weighted by atomic mass is 16.4. The van der Waals surface area contributed by atoms with E-state index >= 15 is 0 Å². The average molecular weight is 311 g/mol. The molecule has 0 aliphatic rings. The van der Waals surface area contributed by atoms with Crippen molar-refractivity contribution < 1.29 is 9.90 Å². The Labute approximate surface area is 130 Å². The Morgan fingerprint density at radius 3 is 2.48 bits per heavy atom. The van der Waals surface area contributed by atoms with Gasteiger partial charge in [0.25, 0.3) is 5.56 Å². The minimum atomic E-state index is -1.24. The van der Waals surface area contributed by atoms with Crippen LogP contribution in [0.2, 0.25) is 0 Å². The monoisotopic (exact) mass is 311 g/mol. The van der Waals surface area contributed by atoms with Crippen molar-refractivity contribution >= 4 is 5.97 Å². The van der Waals surface area contributed by atoms with Gasteiger partial charge in [-0.15, -0.1) is 10.2 Å². The lowest BCUT2D eigenvalue weighted by atomic mass is 10.0. The van der Waals surface area contributed by atoms with Crippen LogP contribution in [-0.4, -0.2) is 36.7 Å². The summed E-state index contributed by atoms with van der Waals surface area (Å²) in [4.78, 5) is 25.6. The lowest BCUT2D eigenvalue weighted by Gasteiger charge is -2.09. The molecule has 2 heterocycles. The molecule has 3 N–H and O–H groups in total. The lowest BCUT2D eigenvalue weighted by molar-refractivity contribution is 0.0695. The van der Waals surface area contributed by atoms with E-state index in [-0.39, 0.29) is 5.56 Å². The molecule has 0 radical (unpaired) electrons. The summed E-state index contributed by atoms with van der Waals surface area (Å²) in [6.07, 6.45) is 0.596. The number of carbonyl (C=O) groups is 1. The number of aromatic amines is 2. The van der Waals surface area contributed by atoms with E-state index in [1.807, 2.05) is 31.2 Å². The van der Waals surface area contributed by atoms with Crippen LogP contribution in [0.3, 0.4) is 0 Å². The molecule has 0 spiro atoms. The number of aryl methyl sites for hydroxylation is 1. The Hall–Kier alpha value is -3.29. The van der Waals surface area contributed by atoms with Gasteiger partial charge in [-0.2, -0.15) is 5.21 Å². The molecule has 3 aromatic rings. The van der Waals surface area contributed by atoms with Crippen molar-refractivity contribution in [1.29, 1.82) is 0 Å². The van der Waals surface area contributed by atoms with Crippen LogP contribution in [0.4, 0.5) is 0 Å². The molecule has 8 heteroatoms. The second kappa shape index (κ2) is 5.84. The van der Waals surface area contributed by atoms with E-state index in [1.54, 1.807) is 0 Å². The molecule has 0 aliphatic carbocycles. The van der Waals surface area contributed by atoms with Gasteiger partial charge in [-0.3, -0.25) is 4.79 Å². The highest BCUT2D eigenvalue weighted by molar-refractivity contribution is 5.88. The van der Waals surface area contributed by atoms with Crippen LogP contribution in [0.1, 0.15) is 22.8 Å². The van der Waals surface area contributed by atoms with E-state index in [0.29, 0.717) is 17.9 Å². The van der Waals surface area contributed by atoms with Gasteiger partial charge in [-0.1, -0.05) is 31.2 Å². The summed E-state index contributed by atoms with van der Waals surface area (Å²) in [5.41, 5.74) is 2.06. The van der Waals surface area contributed by atoms with E-state index < -0.39 is 11.5 Å². The zero-order valence-corrected chi connectivity index (χ0v) is 12.2. The van der Waals surface area contributed by atoms with Crippen molar-refractivity contribution in [3.63, 3.8) is 0 Å². The van der Waals surface area contributed by atoms with Crippen LogP contribution in [0.15, 0.2) is 35.1 Å². The van der Waals surface area contributed by atoms with Crippen LogP contribution < -0.4 is 5.56 Å². The number of hydrogen-bond acceptors (Lipinski definition) is 5. The number of benzene rings is 1. The van der Waals surface area contributed by atoms with Crippen LogP contribution in [0, 0.1) is 0 Å². The lowest BCUT2D eigenvalue weighted by Crippen LogP contribution is -2.19. The molecule has 0 saturated carbocycles. The number of carboxylic acids is 1. The minimum absolute atomic E-state index is 0.256. The van der Waals surface area contributed by atoms with Crippen molar-refractivity contribution in [3.05, 3.63) is 51.8 Å². The van der Waals surface area contributed by atoms with Gasteiger partial charge in [-0.05, 0) is 28.8 Å². The van der Waals surface area contributed by atoms with E-state index in [4.69, 9.17) is 5.11 Å². The molecular weight excluding hydrogens is 298 g/mol. The third-order valence-corrected chi connectivity index (χ3v) is 3.51. The molecule has 0 fully saturated rings. The third-order valence-electron chi connectivity index (χ3n) is 3.51. The summed E-state index contributed by atoms with van der Waals surface area (Å²) in [5, 5.41) is 22.7. The van der Waals surface area contributed by atoms with Crippen molar-refractivity contribution in [1.82, 2.24) is 25.6 Å². The molecule has 0 bridgehead atoms. The van der Waals surface area contributed by atoms with Crippen LogP contribution >= 0.6 is 0 Å². The predicted octanol–water partition coefficient (Wildman–Crippen LogP) is 1.48. The first kappa shape index (κ1) is 14.6. The van der Waals surface area contributed by atoms with Gasteiger partial charge in [-0.25, -0.2) is 4.79 Å². The molecule has 0 unspecified atom stereocenters. The fourth-order valence-corrected chi connectivity index (χ4v) is 2.34. The number of hydrogen-bond donors (Lipinski definition) is 3. The molecule has 8 nitrogen and oxygen atoms in total.